The highest BCUT2D eigenvalue weighted by Crippen LogP contribution is 2.19. The van der Waals surface area contributed by atoms with Gasteiger partial charge in [0.15, 0.2) is 0 Å². The lowest BCUT2D eigenvalue weighted by Crippen LogP contribution is -2.42. The van der Waals surface area contributed by atoms with E-state index in [2.05, 4.69) is 37.9 Å². The smallest absolute Gasteiger partial charge is 0.00448 e. The Morgan fingerprint density at radius 2 is 1.62 bits per heavy atom. The average Bonchev–Trinajstić information content (AvgIpc) is 2.43. The van der Waals surface area contributed by atoms with E-state index in [9.17, 15) is 0 Å². The van der Waals surface area contributed by atoms with Crippen LogP contribution in [0.3, 0.4) is 0 Å². The summed E-state index contributed by atoms with van der Waals surface area (Å²) < 4.78 is 0. The fourth-order valence-corrected chi connectivity index (χ4v) is 2.44. The first kappa shape index (κ1) is 14.0. The molecule has 0 aliphatic carbocycles. The average molecular weight is 226 g/mol. The molecule has 2 heteroatoms. The molecule has 2 nitrogen and oxygen atoms in total. The zero-order chi connectivity index (χ0) is 12.0. The molecule has 1 heterocycles. The largest absolute Gasteiger partial charge is 0.314 e. The summed E-state index contributed by atoms with van der Waals surface area (Å²) in [7, 11) is 0. The lowest BCUT2D eigenvalue weighted by atomic mass is 9.92. The zero-order valence-electron chi connectivity index (χ0n) is 11.7. The van der Waals surface area contributed by atoms with Gasteiger partial charge in [-0.2, -0.15) is 0 Å². The van der Waals surface area contributed by atoms with Crippen LogP contribution in [-0.2, 0) is 0 Å². The van der Waals surface area contributed by atoms with Gasteiger partial charge in [0.05, 0.1) is 0 Å². The van der Waals surface area contributed by atoms with Crippen molar-refractivity contribution in [3.63, 3.8) is 0 Å². The summed E-state index contributed by atoms with van der Waals surface area (Å²) in [6.45, 7) is 14.2. The van der Waals surface area contributed by atoms with E-state index in [0.29, 0.717) is 11.5 Å². The fourth-order valence-electron chi connectivity index (χ4n) is 2.44. The Balaban J connectivity index is 2.31. The molecule has 1 rings (SSSR count). The standard InChI is InChI=1S/C14H30N2/c1-13(2)15-11-14(3,4)12-16-9-7-5-6-8-10-16/h13,15H,5-12H2,1-4H3. The van der Waals surface area contributed by atoms with Gasteiger partial charge in [-0.3, -0.25) is 0 Å². The van der Waals surface area contributed by atoms with E-state index in [4.69, 9.17) is 0 Å². The minimum atomic E-state index is 0.397. The van der Waals surface area contributed by atoms with Gasteiger partial charge >= 0.3 is 0 Å². The lowest BCUT2D eigenvalue weighted by Gasteiger charge is -2.33. The second-order valence-electron chi connectivity index (χ2n) is 6.39. The summed E-state index contributed by atoms with van der Waals surface area (Å²) in [4.78, 5) is 2.66. The minimum Gasteiger partial charge on any atom is -0.314 e. The van der Waals surface area contributed by atoms with Crippen LogP contribution in [0.2, 0.25) is 0 Å². The summed E-state index contributed by atoms with van der Waals surface area (Å²) in [6, 6.07) is 0.600. The number of hydrogen-bond acceptors (Lipinski definition) is 2. The highest BCUT2D eigenvalue weighted by molar-refractivity contribution is 4.78. The van der Waals surface area contributed by atoms with Crippen molar-refractivity contribution in [2.75, 3.05) is 26.2 Å². The van der Waals surface area contributed by atoms with Crippen LogP contribution < -0.4 is 5.32 Å². The highest BCUT2D eigenvalue weighted by atomic mass is 15.1. The predicted molar refractivity (Wildman–Crippen MR) is 71.8 cm³/mol. The maximum atomic E-state index is 3.56. The van der Waals surface area contributed by atoms with Crippen LogP contribution in [-0.4, -0.2) is 37.1 Å². The Labute approximate surface area is 102 Å². The molecule has 0 atom stereocenters. The second kappa shape index (κ2) is 6.61. The zero-order valence-corrected chi connectivity index (χ0v) is 11.7. The molecule has 1 fully saturated rings. The van der Waals surface area contributed by atoms with Crippen LogP contribution in [0.15, 0.2) is 0 Å². The van der Waals surface area contributed by atoms with Gasteiger partial charge in [0.1, 0.15) is 0 Å². The van der Waals surface area contributed by atoms with Crippen LogP contribution in [0.5, 0.6) is 0 Å². The highest BCUT2D eigenvalue weighted by Gasteiger charge is 2.22. The number of rotatable bonds is 5. The minimum absolute atomic E-state index is 0.397. The van der Waals surface area contributed by atoms with E-state index >= 15 is 0 Å². The summed E-state index contributed by atoms with van der Waals surface area (Å²) in [5.41, 5.74) is 0.397. The number of nitrogens with one attached hydrogen (secondary N) is 1. The van der Waals surface area contributed by atoms with E-state index in [1.165, 1.54) is 45.3 Å². The third kappa shape index (κ3) is 5.86. The van der Waals surface area contributed by atoms with E-state index < -0.39 is 0 Å². The summed E-state index contributed by atoms with van der Waals surface area (Å²) >= 11 is 0. The van der Waals surface area contributed by atoms with Crippen molar-refractivity contribution >= 4 is 0 Å². The quantitative estimate of drug-likeness (QED) is 0.775. The Kier molecular flexibility index (Phi) is 5.77. The fraction of sp³-hybridized carbons (Fsp3) is 1.00. The van der Waals surface area contributed by atoms with Crippen LogP contribution in [0.4, 0.5) is 0 Å². The van der Waals surface area contributed by atoms with Gasteiger partial charge in [0.2, 0.25) is 0 Å². The number of likely N-dealkylation sites (tertiary alicyclic amines) is 1. The van der Waals surface area contributed by atoms with E-state index in [-0.39, 0.29) is 0 Å². The van der Waals surface area contributed by atoms with Crippen LogP contribution >= 0.6 is 0 Å². The molecule has 0 bridgehead atoms. The van der Waals surface area contributed by atoms with Crippen LogP contribution in [0.1, 0.15) is 53.4 Å². The van der Waals surface area contributed by atoms with Crippen molar-refractivity contribution < 1.29 is 0 Å². The predicted octanol–water partition coefficient (Wildman–Crippen LogP) is 2.89. The van der Waals surface area contributed by atoms with Crippen molar-refractivity contribution in [3.8, 4) is 0 Å². The Morgan fingerprint density at radius 1 is 1.06 bits per heavy atom. The molecule has 1 saturated heterocycles. The summed E-state index contributed by atoms with van der Waals surface area (Å²) in [5.74, 6) is 0. The summed E-state index contributed by atoms with van der Waals surface area (Å²) in [6.07, 6.45) is 5.66. The van der Waals surface area contributed by atoms with Gasteiger partial charge < -0.3 is 10.2 Å². The van der Waals surface area contributed by atoms with Gasteiger partial charge in [-0.15, -0.1) is 0 Å². The molecule has 0 amide bonds. The van der Waals surface area contributed by atoms with Crippen LogP contribution in [0.25, 0.3) is 0 Å². The lowest BCUT2D eigenvalue weighted by molar-refractivity contribution is 0.176. The molecule has 0 aromatic carbocycles. The van der Waals surface area contributed by atoms with Crippen molar-refractivity contribution in [1.29, 1.82) is 0 Å². The third-order valence-electron chi connectivity index (χ3n) is 3.34. The molecule has 0 aromatic heterocycles. The van der Waals surface area contributed by atoms with Crippen molar-refractivity contribution in [2.24, 2.45) is 5.41 Å². The summed E-state index contributed by atoms with van der Waals surface area (Å²) in [5, 5.41) is 3.56. The van der Waals surface area contributed by atoms with Crippen molar-refractivity contribution in [3.05, 3.63) is 0 Å². The van der Waals surface area contributed by atoms with Crippen LogP contribution in [0, 0.1) is 5.41 Å². The Bertz CT molecular complexity index is 179. The van der Waals surface area contributed by atoms with E-state index in [1.807, 2.05) is 0 Å². The first-order valence-electron chi connectivity index (χ1n) is 6.95. The molecule has 96 valence electrons. The first-order valence-corrected chi connectivity index (χ1v) is 6.95. The van der Waals surface area contributed by atoms with Gasteiger partial charge in [0.25, 0.3) is 0 Å². The van der Waals surface area contributed by atoms with E-state index in [1.54, 1.807) is 0 Å². The molecule has 0 radical (unpaired) electrons. The monoisotopic (exact) mass is 226 g/mol. The molecule has 1 N–H and O–H groups in total. The molecular formula is C14H30N2. The normalized spacial score (nSPS) is 20.1. The van der Waals surface area contributed by atoms with Crippen molar-refractivity contribution in [1.82, 2.24) is 10.2 Å². The van der Waals surface area contributed by atoms with Gasteiger partial charge in [0, 0.05) is 19.1 Å². The second-order valence-corrected chi connectivity index (χ2v) is 6.39. The van der Waals surface area contributed by atoms with Gasteiger partial charge in [-0.25, -0.2) is 0 Å². The first-order chi connectivity index (χ1) is 7.49. The van der Waals surface area contributed by atoms with Gasteiger partial charge in [-0.1, -0.05) is 40.5 Å². The Hall–Kier alpha value is -0.0800. The van der Waals surface area contributed by atoms with Crippen molar-refractivity contribution in [2.45, 2.75) is 59.4 Å². The Morgan fingerprint density at radius 3 is 2.12 bits per heavy atom. The number of hydrogen-bond donors (Lipinski definition) is 1. The van der Waals surface area contributed by atoms with Gasteiger partial charge in [-0.05, 0) is 31.3 Å². The molecule has 1 aliphatic heterocycles. The molecular weight excluding hydrogens is 196 g/mol. The molecule has 0 saturated carbocycles. The maximum absolute atomic E-state index is 3.56. The molecule has 1 aliphatic rings. The SMILES string of the molecule is CC(C)NCC(C)(C)CN1CCCCCC1. The molecule has 0 unspecified atom stereocenters. The topological polar surface area (TPSA) is 15.3 Å². The molecule has 0 spiro atoms. The van der Waals surface area contributed by atoms with E-state index in [0.717, 1.165) is 6.54 Å². The third-order valence-corrected chi connectivity index (χ3v) is 3.34. The molecule has 16 heavy (non-hydrogen) atoms. The molecule has 0 aromatic rings. The maximum Gasteiger partial charge on any atom is 0.00448 e. The number of nitrogens with zero attached hydrogens (tertiary/aromatic N) is 1.